The van der Waals surface area contributed by atoms with Gasteiger partial charge >= 0.3 is 0 Å². The quantitative estimate of drug-likeness (QED) is 0.434. The highest BCUT2D eigenvalue weighted by atomic mass is 127. The molecule has 1 aliphatic heterocycles. The van der Waals surface area contributed by atoms with Gasteiger partial charge in [0.1, 0.15) is 0 Å². The van der Waals surface area contributed by atoms with E-state index in [1.165, 1.54) is 6.42 Å². The van der Waals surface area contributed by atoms with Crippen LogP contribution in [-0.4, -0.2) is 36.0 Å². The number of nitrogens with zero attached hydrogens (tertiary/aromatic N) is 2. The number of likely N-dealkylation sites (tertiary alicyclic amines) is 1. The lowest BCUT2D eigenvalue weighted by atomic mass is 9.88. The lowest BCUT2D eigenvalue weighted by Crippen LogP contribution is -2.52. The Balaban J connectivity index is 0.00000264. The molecule has 1 aliphatic rings. The second-order valence-electron chi connectivity index (χ2n) is 7.36. The lowest BCUT2D eigenvalue weighted by molar-refractivity contribution is 0.0513. The molecule has 2 rings (SSSR count). The number of hydrogen-bond acceptors (Lipinski definition) is 2. The minimum atomic E-state index is 0. The van der Waals surface area contributed by atoms with Crippen LogP contribution < -0.4 is 11.1 Å². The first kappa shape index (κ1) is 20.2. The van der Waals surface area contributed by atoms with Crippen molar-refractivity contribution in [1.29, 1.82) is 0 Å². The maximum atomic E-state index is 6.02. The first-order chi connectivity index (χ1) is 10.4. The molecule has 0 bridgehead atoms. The number of aliphatic imine (C=N–C) groups is 1. The first-order valence-electron chi connectivity index (χ1n) is 8.24. The molecule has 2 atom stereocenters. The summed E-state index contributed by atoms with van der Waals surface area (Å²) in [5.41, 5.74) is 7.02. The highest BCUT2D eigenvalue weighted by Crippen LogP contribution is 2.27. The Morgan fingerprint density at radius 1 is 1.22 bits per heavy atom. The van der Waals surface area contributed by atoms with Gasteiger partial charge in [0.2, 0.25) is 0 Å². The molecule has 23 heavy (non-hydrogen) atoms. The third-order valence-electron chi connectivity index (χ3n) is 4.41. The van der Waals surface area contributed by atoms with E-state index in [4.69, 9.17) is 5.73 Å². The molecule has 0 aliphatic carbocycles. The van der Waals surface area contributed by atoms with Gasteiger partial charge in [-0.15, -0.1) is 24.0 Å². The summed E-state index contributed by atoms with van der Waals surface area (Å²) in [5, 5.41) is 3.14. The molecule has 5 heteroatoms. The number of anilines is 1. The molecule has 130 valence electrons. The van der Waals surface area contributed by atoms with E-state index in [1.807, 2.05) is 30.3 Å². The van der Waals surface area contributed by atoms with E-state index in [2.05, 4.69) is 42.9 Å². The van der Waals surface area contributed by atoms with Crippen molar-refractivity contribution in [2.45, 2.75) is 39.7 Å². The molecule has 4 nitrogen and oxygen atoms in total. The van der Waals surface area contributed by atoms with Crippen LogP contribution in [0.15, 0.2) is 35.3 Å². The van der Waals surface area contributed by atoms with Crippen molar-refractivity contribution >= 4 is 35.6 Å². The summed E-state index contributed by atoms with van der Waals surface area (Å²) in [7, 11) is 0. The Bertz CT molecular complexity index is 491. The van der Waals surface area contributed by atoms with Crippen molar-refractivity contribution in [2.24, 2.45) is 22.6 Å². The number of benzene rings is 1. The third kappa shape index (κ3) is 6.30. The van der Waals surface area contributed by atoms with Gasteiger partial charge in [0.25, 0.3) is 0 Å². The lowest BCUT2D eigenvalue weighted by Gasteiger charge is -2.44. The summed E-state index contributed by atoms with van der Waals surface area (Å²) in [6.45, 7) is 12.2. The Labute approximate surface area is 157 Å². The Kier molecular flexibility index (Phi) is 7.80. The number of nitrogens with one attached hydrogen (secondary N) is 1. The van der Waals surface area contributed by atoms with Crippen LogP contribution >= 0.6 is 24.0 Å². The highest BCUT2D eigenvalue weighted by molar-refractivity contribution is 14.0. The number of guanidine groups is 1. The first-order valence-corrected chi connectivity index (χ1v) is 8.24. The molecule has 0 aromatic heterocycles. The maximum Gasteiger partial charge on any atom is 0.193 e. The van der Waals surface area contributed by atoms with Gasteiger partial charge in [-0.2, -0.15) is 0 Å². The van der Waals surface area contributed by atoms with Crippen molar-refractivity contribution in [3.63, 3.8) is 0 Å². The zero-order chi connectivity index (χ0) is 16.2. The summed E-state index contributed by atoms with van der Waals surface area (Å²) in [6, 6.07) is 9.93. The molecule has 3 N–H and O–H groups in total. The molecule has 1 fully saturated rings. The van der Waals surface area contributed by atoms with Crippen molar-refractivity contribution in [2.75, 3.05) is 25.0 Å². The summed E-state index contributed by atoms with van der Waals surface area (Å²) < 4.78 is 0. The van der Waals surface area contributed by atoms with E-state index in [1.54, 1.807) is 0 Å². The van der Waals surface area contributed by atoms with Gasteiger partial charge in [0.05, 0.1) is 6.54 Å². The third-order valence-corrected chi connectivity index (χ3v) is 4.41. The largest absolute Gasteiger partial charge is 0.370 e. The van der Waals surface area contributed by atoms with Gasteiger partial charge in [-0.25, -0.2) is 0 Å². The molecular formula is C18H31IN4. The molecule has 1 saturated heterocycles. The molecular weight excluding hydrogens is 399 g/mol. The predicted octanol–water partition coefficient (Wildman–Crippen LogP) is 3.79. The van der Waals surface area contributed by atoms with E-state index in [9.17, 15) is 0 Å². The van der Waals surface area contributed by atoms with Gasteiger partial charge in [-0.05, 0) is 44.2 Å². The number of nitrogens with two attached hydrogens (primary N) is 1. The van der Waals surface area contributed by atoms with Gasteiger partial charge in [0.15, 0.2) is 5.96 Å². The van der Waals surface area contributed by atoms with Crippen LogP contribution in [-0.2, 0) is 0 Å². The van der Waals surface area contributed by atoms with Crippen LogP contribution in [0.4, 0.5) is 5.69 Å². The Hall–Kier alpha value is -0.820. The van der Waals surface area contributed by atoms with Crippen LogP contribution in [0.3, 0.4) is 0 Å². The van der Waals surface area contributed by atoms with Crippen molar-refractivity contribution < 1.29 is 0 Å². The van der Waals surface area contributed by atoms with Gasteiger partial charge in [-0.3, -0.25) is 9.89 Å². The number of hydrogen-bond donors (Lipinski definition) is 2. The second kappa shape index (κ2) is 8.87. The molecule has 0 saturated carbocycles. The molecule has 0 amide bonds. The average Bonchev–Trinajstić information content (AvgIpc) is 2.45. The monoisotopic (exact) mass is 430 g/mol. The predicted molar refractivity (Wildman–Crippen MR) is 111 cm³/mol. The Morgan fingerprint density at radius 2 is 1.78 bits per heavy atom. The fourth-order valence-corrected chi connectivity index (χ4v) is 3.24. The SMILES string of the molecule is CC1CC(C)CN(C(C)(C)CN=C(N)Nc2ccccc2)C1.I. The number of piperidine rings is 1. The van der Waals surface area contributed by atoms with Crippen LogP contribution in [0.25, 0.3) is 0 Å². The van der Waals surface area contributed by atoms with E-state index < -0.39 is 0 Å². The van der Waals surface area contributed by atoms with Gasteiger partial charge in [-0.1, -0.05) is 32.0 Å². The normalized spacial score (nSPS) is 23.2. The highest BCUT2D eigenvalue weighted by Gasteiger charge is 2.32. The fourth-order valence-electron chi connectivity index (χ4n) is 3.24. The number of halogens is 1. The van der Waals surface area contributed by atoms with E-state index in [0.29, 0.717) is 12.5 Å². The Morgan fingerprint density at radius 3 is 2.35 bits per heavy atom. The molecule has 0 radical (unpaired) electrons. The van der Waals surface area contributed by atoms with E-state index in [-0.39, 0.29) is 29.5 Å². The van der Waals surface area contributed by atoms with Crippen LogP contribution in [0.1, 0.15) is 34.1 Å². The summed E-state index contributed by atoms with van der Waals surface area (Å²) >= 11 is 0. The average molecular weight is 430 g/mol. The minimum Gasteiger partial charge on any atom is -0.370 e. The smallest absolute Gasteiger partial charge is 0.193 e. The van der Waals surface area contributed by atoms with Crippen molar-refractivity contribution in [3.8, 4) is 0 Å². The topological polar surface area (TPSA) is 53.6 Å². The van der Waals surface area contributed by atoms with Crippen LogP contribution in [0, 0.1) is 11.8 Å². The van der Waals surface area contributed by atoms with Crippen LogP contribution in [0.2, 0.25) is 0 Å². The summed E-state index contributed by atoms with van der Waals surface area (Å²) in [5.74, 6) is 2.00. The summed E-state index contributed by atoms with van der Waals surface area (Å²) in [4.78, 5) is 7.12. The molecule has 2 unspecified atom stereocenters. The maximum absolute atomic E-state index is 6.02. The standard InChI is InChI=1S/C18H30N4.HI/c1-14-10-15(2)12-22(11-14)18(3,4)13-20-17(19)21-16-8-6-5-7-9-16;/h5-9,14-15H,10-13H2,1-4H3,(H3,19,20,21);1H. The van der Waals surface area contributed by atoms with E-state index in [0.717, 1.165) is 30.6 Å². The van der Waals surface area contributed by atoms with Crippen molar-refractivity contribution in [1.82, 2.24) is 4.90 Å². The van der Waals surface area contributed by atoms with E-state index >= 15 is 0 Å². The molecule has 1 heterocycles. The van der Waals surface area contributed by atoms with Crippen LogP contribution in [0.5, 0.6) is 0 Å². The van der Waals surface area contributed by atoms with Crippen molar-refractivity contribution in [3.05, 3.63) is 30.3 Å². The van der Waals surface area contributed by atoms with Gasteiger partial charge < -0.3 is 11.1 Å². The molecule has 1 aromatic rings. The fraction of sp³-hybridized carbons (Fsp3) is 0.611. The second-order valence-corrected chi connectivity index (χ2v) is 7.36. The summed E-state index contributed by atoms with van der Waals surface area (Å²) in [6.07, 6.45) is 1.33. The minimum absolute atomic E-state index is 0. The zero-order valence-corrected chi connectivity index (χ0v) is 17.1. The zero-order valence-electron chi connectivity index (χ0n) is 14.7. The van der Waals surface area contributed by atoms with Gasteiger partial charge in [0, 0.05) is 24.3 Å². The number of para-hydroxylation sites is 1. The number of rotatable bonds is 4. The molecule has 1 aromatic carbocycles. The molecule has 0 spiro atoms.